The zero-order valence-electron chi connectivity index (χ0n) is 17.6. The SMILES string of the molecule is Cc1cc(Nc2ccc(F)c(CC3CCN(Cc4cccc(Cl)c4F)C[C@@H]3C)n2)n[nH]1. The summed E-state index contributed by atoms with van der Waals surface area (Å²) < 4.78 is 28.7. The van der Waals surface area contributed by atoms with Gasteiger partial charge < -0.3 is 5.32 Å². The Kier molecular flexibility index (Phi) is 6.53. The molecule has 1 aliphatic rings. The van der Waals surface area contributed by atoms with Crippen molar-refractivity contribution in [1.29, 1.82) is 0 Å². The lowest BCUT2D eigenvalue weighted by Crippen LogP contribution is -2.39. The van der Waals surface area contributed by atoms with Crippen molar-refractivity contribution < 1.29 is 8.78 Å². The lowest BCUT2D eigenvalue weighted by atomic mass is 9.83. The van der Waals surface area contributed by atoms with Crippen LogP contribution >= 0.6 is 11.6 Å². The molecule has 0 spiro atoms. The van der Waals surface area contributed by atoms with Gasteiger partial charge in [0.2, 0.25) is 0 Å². The third-order valence-electron chi connectivity index (χ3n) is 5.93. The van der Waals surface area contributed by atoms with Gasteiger partial charge in [-0.1, -0.05) is 30.7 Å². The van der Waals surface area contributed by atoms with Crippen LogP contribution < -0.4 is 5.32 Å². The van der Waals surface area contributed by atoms with Crippen molar-refractivity contribution in [2.24, 2.45) is 11.8 Å². The summed E-state index contributed by atoms with van der Waals surface area (Å²) in [5.41, 5.74) is 2.00. The van der Waals surface area contributed by atoms with Crippen molar-refractivity contribution in [3.8, 4) is 0 Å². The van der Waals surface area contributed by atoms with Gasteiger partial charge in [-0.05, 0) is 56.3 Å². The minimum atomic E-state index is -0.346. The summed E-state index contributed by atoms with van der Waals surface area (Å²) in [7, 11) is 0. The summed E-state index contributed by atoms with van der Waals surface area (Å²) in [6.07, 6.45) is 1.47. The average molecular weight is 446 g/mol. The van der Waals surface area contributed by atoms with Crippen LogP contribution in [0.1, 0.15) is 30.3 Å². The first kappa shape index (κ1) is 21.7. The highest BCUT2D eigenvalue weighted by Crippen LogP contribution is 2.29. The van der Waals surface area contributed by atoms with Crippen LogP contribution in [0.4, 0.5) is 20.4 Å². The number of hydrogen-bond acceptors (Lipinski definition) is 4. The van der Waals surface area contributed by atoms with Crippen molar-refractivity contribution in [2.75, 3.05) is 18.4 Å². The number of H-pyrrole nitrogens is 1. The van der Waals surface area contributed by atoms with E-state index < -0.39 is 0 Å². The second kappa shape index (κ2) is 9.32. The minimum absolute atomic E-state index is 0.153. The van der Waals surface area contributed by atoms with Crippen LogP contribution in [-0.2, 0) is 13.0 Å². The second-order valence-electron chi connectivity index (χ2n) is 8.36. The van der Waals surface area contributed by atoms with Crippen LogP contribution in [0.25, 0.3) is 0 Å². The molecule has 0 bridgehead atoms. The first-order valence-electron chi connectivity index (χ1n) is 10.5. The fraction of sp³-hybridized carbons (Fsp3) is 0.391. The van der Waals surface area contributed by atoms with E-state index in [9.17, 15) is 8.78 Å². The van der Waals surface area contributed by atoms with Crippen LogP contribution in [0.3, 0.4) is 0 Å². The summed E-state index contributed by atoms with van der Waals surface area (Å²) in [5, 5.41) is 10.3. The topological polar surface area (TPSA) is 56.8 Å². The molecule has 0 amide bonds. The predicted molar refractivity (Wildman–Crippen MR) is 118 cm³/mol. The quantitative estimate of drug-likeness (QED) is 0.526. The lowest BCUT2D eigenvalue weighted by Gasteiger charge is -2.37. The minimum Gasteiger partial charge on any atom is -0.323 e. The van der Waals surface area contributed by atoms with Gasteiger partial charge in [-0.15, -0.1) is 0 Å². The Balaban J connectivity index is 1.39. The molecule has 3 aromatic rings. The molecule has 1 saturated heterocycles. The summed E-state index contributed by atoms with van der Waals surface area (Å²) in [6, 6.07) is 10.0. The smallest absolute Gasteiger partial charge is 0.153 e. The molecule has 1 fully saturated rings. The maximum atomic E-state index is 14.5. The molecule has 2 atom stereocenters. The molecule has 31 heavy (non-hydrogen) atoms. The van der Waals surface area contributed by atoms with E-state index in [4.69, 9.17) is 11.6 Å². The average Bonchev–Trinajstić information content (AvgIpc) is 3.14. The van der Waals surface area contributed by atoms with Crippen LogP contribution in [0, 0.1) is 30.4 Å². The van der Waals surface area contributed by atoms with Crippen LogP contribution in [0.5, 0.6) is 0 Å². The number of aromatic amines is 1. The highest BCUT2D eigenvalue weighted by molar-refractivity contribution is 6.30. The van der Waals surface area contributed by atoms with E-state index in [1.165, 1.54) is 6.07 Å². The van der Waals surface area contributed by atoms with Gasteiger partial charge in [-0.25, -0.2) is 13.8 Å². The Morgan fingerprint density at radius 3 is 2.81 bits per heavy atom. The standard InChI is InChI=1S/C23H26ClF2N5/c1-14-12-31(13-17-4-3-5-18(24)23(17)26)9-8-16(14)11-20-19(25)6-7-21(27-20)28-22-10-15(2)29-30-22/h3-7,10,14,16H,8-9,11-13H2,1-2H3,(H2,27,28,29,30)/t14-,16?/m0/s1. The molecule has 8 heteroatoms. The molecule has 2 aromatic heterocycles. The van der Waals surface area contributed by atoms with Gasteiger partial charge in [0.1, 0.15) is 17.5 Å². The van der Waals surface area contributed by atoms with Crippen molar-refractivity contribution in [3.05, 3.63) is 70.0 Å². The van der Waals surface area contributed by atoms with Gasteiger partial charge in [-0.3, -0.25) is 10.00 Å². The lowest BCUT2D eigenvalue weighted by molar-refractivity contribution is 0.121. The zero-order chi connectivity index (χ0) is 22.0. The first-order valence-corrected chi connectivity index (χ1v) is 10.9. The highest BCUT2D eigenvalue weighted by Gasteiger charge is 2.28. The van der Waals surface area contributed by atoms with E-state index in [0.29, 0.717) is 47.7 Å². The van der Waals surface area contributed by atoms with Crippen LogP contribution in [-0.4, -0.2) is 33.2 Å². The number of nitrogens with one attached hydrogen (secondary N) is 2. The maximum Gasteiger partial charge on any atom is 0.153 e. The van der Waals surface area contributed by atoms with Gasteiger partial charge in [0.15, 0.2) is 5.82 Å². The third-order valence-corrected chi connectivity index (χ3v) is 6.22. The second-order valence-corrected chi connectivity index (χ2v) is 8.77. The van der Waals surface area contributed by atoms with Gasteiger partial charge in [0, 0.05) is 30.4 Å². The Morgan fingerprint density at radius 2 is 2.06 bits per heavy atom. The van der Waals surface area contributed by atoms with Gasteiger partial charge in [0.05, 0.1) is 10.7 Å². The Labute approximate surface area is 185 Å². The fourth-order valence-electron chi connectivity index (χ4n) is 4.20. The van der Waals surface area contributed by atoms with E-state index in [2.05, 4.69) is 32.3 Å². The molecule has 3 heterocycles. The maximum absolute atomic E-state index is 14.5. The molecular weight excluding hydrogens is 420 g/mol. The number of rotatable bonds is 6. The van der Waals surface area contributed by atoms with Crippen molar-refractivity contribution in [2.45, 2.75) is 33.2 Å². The van der Waals surface area contributed by atoms with E-state index in [0.717, 1.165) is 25.2 Å². The molecule has 164 valence electrons. The summed E-state index contributed by atoms with van der Waals surface area (Å²) in [4.78, 5) is 6.73. The zero-order valence-corrected chi connectivity index (χ0v) is 18.4. The number of pyridine rings is 1. The monoisotopic (exact) mass is 445 g/mol. The molecule has 0 saturated carbocycles. The summed E-state index contributed by atoms with van der Waals surface area (Å²) >= 11 is 5.91. The number of halogens is 3. The molecule has 1 unspecified atom stereocenters. The molecule has 4 rings (SSSR count). The molecular formula is C23H26ClF2N5. The van der Waals surface area contributed by atoms with Crippen molar-refractivity contribution >= 4 is 23.2 Å². The largest absolute Gasteiger partial charge is 0.323 e. The Bertz CT molecular complexity index is 1050. The van der Waals surface area contributed by atoms with E-state index in [1.54, 1.807) is 24.3 Å². The number of aryl methyl sites for hydroxylation is 1. The van der Waals surface area contributed by atoms with E-state index in [-0.39, 0.29) is 16.7 Å². The first-order chi connectivity index (χ1) is 14.9. The van der Waals surface area contributed by atoms with Gasteiger partial charge in [-0.2, -0.15) is 5.10 Å². The molecule has 0 radical (unpaired) electrons. The van der Waals surface area contributed by atoms with Crippen LogP contribution in [0.15, 0.2) is 36.4 Å². The van der Waals surface area contributed by atoms with E-state index in [1.807, 2.05) is 13.0 Å². The number of benzene rings is 1. The number of anilines is 2. The van der Waals surface area contributed by atoms with Crippen molar-refractivity contribution in [1.82, 2.24) is 20.1 Å². The molecule has 0 aliphatic carbocycles. The third kappa shape index (κ3) is 5.22. The van der Waals surface area contributed by atoms with E-state index >= 15 is 0 Å². The van der Waals surface area contributed by atoms with Gasteiger partial charge in [0.25, 0.3) is 0 Å². The number of nitrogens with zero attached hydrogens (tertiary/aromatic N) is 3. The van der Waals surface area contributed by atoms with Crippen LogP contribution in [0.2, 0.25) is 5.02 Å². The normalized spacial score (nSPS) is 19.5. The molecule has 1 aromatic carbocycles. The fourth-order valence-corrected chi connectivity index (χ4v) is 4.39. The Hall–Kier alpha value is -2.51. The number of likely N-dealkylation sites (tertiary alicyclic amines) is 1. The predicted octanol–water partition coefficient (Wildman–Crippen LogP) is 5.49. The van der Waals surface area contributed by atoms with Crippen molar-refractivity contribution in [3.63, 3.8) is 0 Å². The molecule has 2 N–H and O–H groups in total. The Morgan fingerprint density at radius 1 is 1.23 bits per heavy atom. The molecule has 1 aliphatic heterocycles. The molecule has 5 nitrogen and oxygen atoms in total. The van der Waals surface area contributed by atoms with Gasteiger partial charge >= 0.3 is 0 Å². The summed E-state index contributed by atoms with van der Waals surface area (Å²) in [5.74, 6) is 1.23. The number of aromatic nitrogens is 3. The number of hydrogen-bond donors (Lipinski definition) is 2. The summed E-state index contributed by atoms with van der Waals surface area (Å²) in [6.45, 7) is 6.25. The highest BCUT2D eigenvalue weighted by atomic mass is 35.5. The number of piperidine rings is 1.